The van der Waals surface area contributed by atoms with Crippen LogP contribution in [0.5, 0.6) is 0 Å². The Morgan fingerprint density at radius 1 is 1.29 bits per heavy atom. The summed E-state index contributed by atoms with van der Waals surface area (Å²) in [5.41, 5.74) is 3.35. The van der Waals surface area contributed by atoms with Gasteiger partial charge in [0.2, 0.25) is 0 Å². The molecule has 0 radical (unpaired) electrons. The van der Waals surface area contributed by atoms with Crippen molar-refractivity contribution in [3.05, 3.63) is 47.7 Å². The third-order valence-corrected chi connectivity index (χ3v) is 2.90. The molecule has 0 aliphatic rings. The molecule has 0 aliphatic heterocycles. The number of benzene rings is 1. The van der Waals surface area contributed by atoms with Crippen molar-refractivity contribution in [1.82, 2.24) is 10.3 Å². The number of pyridine rings is 1. The molecule has 1 aromatic heterocycles. The fourth-order valence-electron chi connectivity index (χ4n) is 1.82. The molecule has 1 unspecified atom stereocenters. The topological polar surface area (TPSA) is 24.9 Å². The summed E-state index contributed by atoms with van der Waals surface area (Å²) in [7, 11) is 1.96. The quantitative estimate of drug-likeness (QED) is 0.869. The van der Waals surface area contributed by atoms with Crippen LogP contribution in [0.1, 0.15) is 18.2 Å². The Morgan fingerprint density at radius 3 is 2.82 bits per heavy atom. The van der Waals surface area contributed by atoms with Crippen LogP contribution in [-0.4, -0.2) is 18.1 Å². The number of nitrogens with zero attached hydrogens (tertiary/aromatic N) is 1. The fourth-order valence-corrected chi connectivity index (χ4v) is 1.82. The molecule has 0 saturated carbocycles. The van der Waals surface area contributed by atoms with Gasteiger partial charge >= 0.3 is 0 Å². The highest BCUT2D eigenvalue weighted by molar-refractivity contribution is 5.87. The van der Waals surface area contributed by atoms with Gasteiger partial charge in [0, 0.05) is 17.1 Å². The maximum Gasteiger partial charge on any atom is 0.0711 e. The molecular weight excluding hydrogens is 208 g/mol. The molecule has 1 atom stereocenters. The second-order valence-corrected chi connectivity index (χ2v) is 4.31. The predicted octanol–water partition coefficient (Wildman–Crippen LogP) is 3.16. The summed E-state index contributed by atoms with van der Waals surface area (Å²) in [6.07, 6.45) is 4.33. The second kappa shape index (κ2) is 5.11. The van der Waals surface area contributed by atoms with Crippen molar-refractivity contribution in [1.29, 1.82) is 0 Å². The van der Waals surface area contributed by atoms with E-state index in [4.69, 9.17) is 0 Å². The average Bonchev–Trinajstić information content (AvgIpc) is 2.35. The Kier molecular flexibility index (Phi) is 3.55. The van der Waals surface area contributed by atoms with Crippen molar-refractivity contribution in [2.24, 2.45) is 0 Å². The second-order valence-electron chi connectivity index (χ2n) is 4.31. The highest BCUT2D eigenvalue weighted by Gasteiger charge is 2.00. The minimum Gasteiger partial charge on any atom is -0.314 e. The number of aromatic nitrogens is 1. The first kappa shape index (κ1) is 11.8. The summed E-state index contributed by atoms with van der Waals surface area (Å²) in [6, 6.07) is 10.8. The van der Waals surface area contributed by atoms with Crippen LogP contribution in [0, 0.1) is 6.92 Å². The number of aryl methyl sites for hydroxylation is 1. The van der Waals surface area contributed by atoms with Gasteiger partial charge in [0.1, 0.15) is 0 Å². The molecule has 0 fully saturated rings. The summed E-state index contributed by atoms with van der Waals surface area (Å²) in [6.45, 7) is 4.16. The summed E-state index contributed by atoms with van der Waals surface area (Å²) < 4.78 is 0. The van der Waals surface area contributed by atoms with Crippen molar-refractivity contribution < 1.29 is 0 Å². The number of para-hydroxylation sites is 1. The van der Waals surface area contributed by atoms with Crippen LogP contribution in [0.4, 0.5) is 0 Å². The van der Waals surface area contributed by atoms with Gasteiger partial charge in [0.25, 0.3) is 0 Å². The van der Waals surface area contributed by atoms with Crippen molar-refractivity contribution in [3.63, 3.8) is 0 Å². The van der Waals surface area contributed by atoms with Gasteiger partial charge in [-0.2, -0.15) is 0 Å². The molecule has 88 valence electrons. The van der Waals surface area contributed by atoms with E-state index in [9.17, 15) is 0 Å². The van der Waals surface area contributed by atoms with Gasteiger partial charge in [-0.05, 0) is 38.6 Å². The van der Waals surface area contributed by atoms with Crippen molar-refractivity contribution in [2.75, 3.05) is 7.05 Å². The number of fused-ring (bicyclic) bond motifs is 1. The smallest absolute Gasteiger partial charge is 0.0711 e. The molecule has 0 aliphatic carbocycles. The van der Waals surface area contributed by atoms with Gasteiger partial charge < -0.3 is 5.32 Å². The van der Waals surface area contributed by atoms with Gasteiger partial charge in [-0.3, -0.25) is 4.98 Å². The van der Waals surface area contributed by atoms with Crippen LogP contribution in [0.3, 0.4) is 0 Å². The highest BCUT2D eigenvalue weighted by atomic mass is 14.8. The zero-order valence-electron chi connectivity index (χ0n) is 10.6. The maximum atomic E-state index is 4.53. The van der Waals surface area contributed by atoms with E-state index in [-0.39, 0.29) is 0 Å². The highest BCUT2D eigenvalue weighted by Crippen LogP contribution is 2.19. The number of hydrogen-bond acceptors (Lipinski definition) is 2. The summed E-state index contributed by atoms with van der Waals surface area (Å²) in [5.74, 6) is 0. The average molecular weight is 226 g/mol. The predicted molar refractivity (Wildman–Crippen MR) is 74.0 cm³/mol. The van der Waals surface area contributed by atoms with Crippen LogP contribution in [-0.2, 0) is 0 Å². The molecule has 0 spiro atoms. The Morgan fingerprint density at radius 2 is 2.06 bits per heavy atom. The minimum atomic E-state index is 0.377. The van der Waals surface area contributed by atoms with Gasteiger partial charge in [-0.15, -0.1) is 0 Å². The number of nitrogens with one attached hydrogen (secondary N) is 1. The Hall–Kier alpha value is -1.67. The largest absolute Gasteiger partial charge is 0.314 e. The van der Waals surface area contributed by atoms with Crippen LogP contribution >= 0.6 is 0 Å². The lowest BCUT2D eigenvalue weighted by Gasteiger charge is -2.06. The molecular formula is C15H18N2. The third-order valence-electron chi connectivity index (χ3n) is 2.90. The molecule has 0 bridgehead atoms. The normalized spacial score (nSPS) is 13.4. The van der Waals surface area contributed by atoms with Gasteiger partial charge in [0.15, 0.2) is 0 Å². The lowest BCUT2D eigenvalue weighted by Crippen LogP contribution is -2.17. The van der Waals surface area contributed by atoms with Crippen molar-refractivity contribution in [3.8, 4) is 0 Å². The summed E-state index contributed by atoms with van der Waals surface area (Å²) in [4.78, 5) is 4.53. The van der Waals surface area contributed by atoms with Crippen LogP contribution in [0.2, 0.25) is 0 Å². The molecule has 2 nitrogen and oxygen atoms in total. The van der Waals surface area contributed by atoms with E-state index in [1.54, 1.807) is 0 Å². The summed E-state index contributed by atoms with van der Waals surface area (Å²) >= 11 is 0. The van der Waals surface area contributed by atoms with Crippen molar-refractivity contribution >= 4 is 17.0 Å². The van der Waals surface area contributed by atoms with E-state index in [1.807, 2.05) is 20.0 Å². The Labute approximate surface area is 102 Å². The molecule has 17 heavy (non-hydrogen) atoms. The first-order valence-corrected chi connectivity index (χ1v) is 5.92. The number of likely N-dealkylation sites (N-methyl/N-ethyl adjacent to an activating group) is 1. The number of hydrogen-bond donors (Lipinski definition) is 1. The molecule has 0 saturated heterocycles. The monoisotopic (exact) mass is 226 g/mol. The van der Waals surface area contributed by atoms with E-state index in [0.29, 0.717) is 6.04 Å². The van der Waals surface area contributed by atoms with Gasteiger partial charge in [-0.1, -0.05) is 30.4 Å². The van der Waals surface area contributed by atoms with Crippen LogP contribution in [0.25, 0.3) is 17.0 Å². The first-order valence-electron chi connectivity index (χ1n) is 5.92. The standard InChI is InChI=1S/C15H18N2/c1-11(16-3)8-9-13-10-12(2)17-15-7-5-4-6-14(13)15/h4-11,16H,1-3H3/b9-8+. The molecule has 1 N–H and O–H groups in total. The zero-order valence-corrected chi connectivity index (χ0v) is 10.6. The van der Waals surface area contributed by atoms with E-state index < -0.39 is 0 Å². The van der Waals surface area contributed by atoms with Crippen molar-refractivity contribution in [2.45, 2.75) is 19.9 Å². The summed E-state index contributed by atoms with van der Waals surface area (Å²) in [5, 5.41) is 4.40. The van der Waals surface area contributed by atoms with Gasteiger partial charge in [-0.25, -0.2) is 0 Å². The molecule has 1 aromatic carbocycles. The molecule has 0 amide bonds. The third kappa shape index (κ3) is 2.71. The minimum absolute atomic E-state index is 0.377. The van der Waals surface area contributed by atoms with E-state index in [2.05, 4.69) is 53.6 Å². The lowest BCUT2D eigenvalue weighted by atomic mass is 10.1. The molecule has 1 heterocycles. The molecule has 2 rings (SSSR count). The number of rotatable bonds is 3. The maximum absolute atomic E-state index is 4.53. The molecule has 2 aromatic rings. The van der Waals surface area contributed by atoms with E-state index in [1.165, 1.54) is 10.9 Å². The Balaban J connectivity index is 2.49. The zero-order chi connectivity index (χ0) is 12.3. The lowest BCUT2D eigenvalue weighted by molar-refractivity contribution is 0.731. The van der Waals surface area contributed by atoms with E-state index in [0.717, 1.165) is 11.2 Å². The van der Waals surface area contributed by atoms with Crippen LogP contribution < -0.4 is 5.32 Å². The first-order chi connectivity index (χ1) is 8.20. The van der Waals surface area contributed by atoms with Crippen LogP contribution in [0.15, 0.2) is 36.4 Å². The Bertz CT molecular complexity index is 544. The SMILES string of the molecule is CNC(C)/C=C/c1cc(C)nc2ccccc12. The van der Waals surface area contributed by atoms with E-state index >= 15 is 0 Å². The van der Waals surface area contributed by atoms with Gasteiger partial charge in [0.05, 0.1) is 5.52 Å². The fraction of sp³-hybridized carbons (Fsp3) is 0.267. The molecule has 2 heteroatoms.